The highest BCUT2D eigenvalue weighted by Gasteiger charge is 2.64. The molecule has 2 aliphatic rings. The Morgan fingerprint density at radius 2 is 1.70 bits per heavy atom. The number of esters is 1. The van der Waals surface area contributed by atoms with Gasteiger partial charge in [-0.05, 0) is 18.1 Å². The van der Waals surface area contributed by atoms with E-state index in [-0.39, 0.29) is 12.2 Å². The Labute approximate surface area is 190 Å². The summed E-state index contributed by atoms with van der Waals surface area (Å²) in [5.74, 6) is -1.47. The maximum atomic E-state index is 13.7. The number of amides is 1. The molecule has 0 N–H and O–H groups in total. The maximum Gasteiger partial charge on any atom is 0.332 e. The van der Waals surface area contributed by atoms with Gasteiger partial charge in [-0.2, -0.15) is 0 Å². The highest BCUT2D eigenvalue weighted by Crippen LogP contribution is 2.43. The van der Waals surface area contributed by atoms with Gasteiger partial charge in [-0.1, -0.05) is 65.9 Å². The zero-order valence-corrected chi connectivity index (χ0v) is 18.6. The number of β-lactam (4-membered cyclic amide) rings is 1. The molecule has 0 aliphatic carbocycles. The van der Waals surface area contributed by atoms with Gasteiger partial charge in [-0.15, -0.1) is 5.10 Å². The van der Waals surface area contributed by atoms with E-state index in [2.05, 4.69) is 10.3 Å². The number of aromatic nitrogens is 3. The Balaban J connectivity index is 1.57. The molecule has 10 heteroatoms. The number of sulfone groups is 1. The molecule has 3 heterocycles. The summed E-state index contributed by atoms with van der Waals surface area (Å²) < 4.78 is 33.2. The molecule has 9 nitrogen and oxygen atoms in total. The average Bonchev–Trinajstić information content (AvgIpc) is 3.35. The molecule has 2 fully saturated rings. The van der Waals surface area contributed by atoms with Gasteiger partial charge in [-0.25, -0.2) is 17.9 Å². The fourth-order valence-electron chi connectivity index (χ4n) is 4.70. The summed E-state index contributed by atoms with van der Waals surface area (Å²) in [5, 5.41) is 6.72. The van der Waals surface area contributed by atoms with E-state index in [0.29, 0.717) is 0 Å². The van der Waals surface area contributed by atoms with Gasteiger partial charge in [0.05, 0.1) is 18.4 Å². The van der Waals surface area contributed by atoms with Gasteiger partial charge < -0.3 is 9.64 Å². The van der Waals surface area contributed by atoms with E-state index >= 15 is 0 Å². The Bertz CT molecular complexity index is 1240. The van der Waals surface area contributed by atoms with Gasteiger partial charge in [0, 0.05) is 6.20 Å². The molecule has 0 spiro atoms. The van der Waals surface area contributed by atoms with Crippen LogP contribution in [0.4, 0.5) is 0 Å². The Morgan fingerprint density at radius 1 is 1.09 bits per heavy atom. The second-order valence-electron chi connectivity index (χ2n) is 8.51. The van der Waals surface area contributed by atoms with Gasteiger partial charge in [0.15, 0.2) is 22.0 Å². The molecule has 2 aromatic carbocycles. The average molecular weight is 467 g/mol. The van der Waals surface area contributed by atoms with E-state index in [4.69, 9.17) is 4.74 Å². The second kappa shape index (κ2) is 7.80. The first kappa shape index (κ1) is 21.3. The Hall–Kier alpha value is -3.53. The van der Waals surface area contributed by atoms with Crippen molar-refractivity contribution < 1.29 is 22.7 Å². The van der Waals surface area contributed by atoms with Crippen LogP contribution in [0, 0.1) is 0 Å². The smallest absolute Gasteiger partial charge is 0.332 e. The van der Waals surface area contributed by atoms with Gasteiger partial charge in [0.1, 0.15) is 10.9 Å². The normalized spacial score (nSPS) is 25.9. The molecular weight excluding hydrogens is 444 g/mol. The SMILES string of the molecule is C[C@@]1(n2ccnn2)CS(=O)(=O)C2CC(=O)N2[C@H]1C(=O)OC(c1ccccc1)c1ccccc1. The fourth-order valence-corrected chi connectivity index (χ4v) is 6.98. The number of ether oxygens (including phenoxy) is 1. The highest BCUT2D eigenvalue weighted by atomic mass is 32.2. The van der Waals surface area contributed by atoms with Crippen LogP contribution < -0.4 is 0 Å². The lowest BCUT2D eigenvalue weighted by Crippen LogP contribution is -2.75. The summed E-state index contributed by atoms with van der Waals surface area (Å²) in [4.78, 5) is 27.4. The third-order valence-electron chi connectivity index (χ3n) is 6.33. The molecule has 0 radical (unpaired) electrons. The number of hydrogen-bond donors (Lipinski definition) is 0. The summed E-state index contributed by atoms with van der Waals surface area (Å²) in [6.07, 6.45) is 2.03. The molecule has 33 heavy (non-hydrogen) atoms. The maximum absolute atomic E-state index is 13.7. The summed E-state index contributed by atoms with van der Waals surface area (Å²) in [6, 6.07) is 17.4. The van der Waals surface area contributed by atoms with Crippen LogP contribution >= 0.6 is 0 Å². The lowest BCUT2D eigenvalue weighted by molar-refractivity contribution is -0.171. The minimum absolute atomic E-state index is 0.139. The standard InChI is InChI=1S/C23H22N4O5S/c1-23(26-13-12-24-25-26)15-33(30,31)19-14-18(28)27(19)21(23)22(29)32-20(16-8-4-2-5-9-16)17-10-6-3-7-11-17/h2-13,19-21H,14-15H2,1H3/t19?,21-,23+/m0/s1. The first-order valence-corrected chi connectivity index (χ1v) is 12.2. The van der Waals surface area contributed by atoms with Crippen molar-refractivity contribution in [1.29, 1.82) is 0 Å². The summed E-state index contributed by atoms with van der Waals surface area (Å²) >= 11 is 0. The van der Waals surface area contributed by atoms with Gasteiger partial charge in [-0.3, -0.25) is 4.79 Å². The van der Waals surface area contributed by atoms with Crippen molar-refractivity contribution in [3.63, 3.8) is 0 Å². The van der Waals surface area contributed by atoms with Crippen molar-refractivity contribution in [3.05, 3.63) is 84.2 Å². The van der Waals surface area contributed by atoms with Crippen LogP contribution in [0.5, 0.6) is 0 Å². The minimum Gasteiger partial charge on any atom is -0.451 e. The summed E-state index contributed by atoms with van der Waals surface area (Å²) in [5.41, 5.74) is 0.139. The Morgan fingerprint density at radius 3 is 2.21 bits per heavy atom. The van der Waals surface area contributed by atoms with E-state index in [1.807, 2.05) is 60.7 Å². The van der Waals surface area contributed by atoms with Crippen LogP contribution in [0.15, 0.2) is 73.1 Å². The predicted octanol–water partition coefficient (Wildman–Crippen LogP) is 1.68. The number of hydrogen-bond acceptors (Lipinski definition) is 7. The van der Waals surface area contributed by atoms with Crippen LogP contribution in [-0.4, -0.2) is 57.4 Å². The molecule has 2 saturated heterocycles. The van der Waals surface area contributed by atoms with Crippen molar-refractivity contribution in [1.82, 2.24) is 19.9 Å². The molecule has 1 amide bonds. The number of benzene rings is 2. The molecule has 3 atom stereocenters. The molecule has 0 bridgehead atoms. The monoisotopic (exact) mass is 466 g/mol. The van der Waals surface area contributed by atoms with Gasteiger partial charge in [0.25, 0.3) is 0 Å². The van der Waals surface area contributed by atoms with Gasteiger partial charge >= 0.3 is 5.97 Å². The van der Waals surface area contributed by atoms with E-state index in [1.165, 1.54) is 17.1 Å². The van der Waals surface area contributed by atoms with Crippen LogP contribution in [0.3, 0.4) is 0 Å². The lowest BCUT2D eigenvalue weighted by Gasteiger charge is -2.54. The third-order valence-corrected chi connectivity index (χ3v) is 8.54. The summed E-state index contributed by atoms with van der Waals surface area (Å²) in [6.45, 7) is 1.59. The van der Waals surface area contributed by atoms with Crippen LogP contribution in [0.1, 0.15) is 30.6 Å². The number of nitrogens with zero attached hydrogens (tertiary/aromatic N) is 4. The number of rotatable bonds is 5. The predicted molar refractivity (Wildman–Crippen MR) is 117 cm³/mol. The second-order valence-corrected chi connectivity index (χ2v) is 10.7. The van der Waals surface area contributed by atoms with Crippen LogP contribution in [-0.2, 0) is 29.7 Å². The van der Waals surface area contributed by atoms with E-state index in [9.17, 15) is 18.0 Å². The van der Waals surface area contributed by atoms with Crippen molar-refractivity contribution in [2.75, 3.05) is 5.75 Å². The zero-order valence-electron chi connectivity index (χ0n) is 17.8. The van der Waals surface area contributed by atoms with Crippen molar-refractivity contribution in [2.45, 2.75) is 36.4 Å². The molecule has 0 saturated carbocycles. The molecule has 2 aliphatic heterocycles. The van der Waals surface area contributed by atoms with Gasteiger partial charge in [0.2, 0.25) is 5.91 Å². The molecular formula is C23H22N4O5S. The molecule has 5 rings (SSSR count). The molecule has 3 aromatic rings. The first-order valence-electron chi connectivity index (χ1n) is 10.5. The van der Waals surface area contributed by atoms with Crippen LogP contribution in [0.2, 0.25) is 0 Å². The van der Waals surface area contributed by atoms with Crippen molar-refractivity contribution in [3.8, 4) is 0 Å². The lowest BCUT2D eigenvalue weighted by atomic mass is 9.89. The minimum atomic E-state index is -3.68. The van der Waals surface area contributed by atoms with Crippen molar-refractivity contribution in [2.24, 2.45) is 0 Å². The first-order chi connectivity index (χ1) is 15.8. The van der Waals surface area contributed by atoms with E-state index in [1.54, 1.807) is 6.92 Å². The largest absolute Gasteiger partial charge is 0.451 e. The van der Waals surface area contributed by atoms with Crippen LogP contribution in [0.25, 0.3) is 0 Å². The highest BCUT2D eigenvalue weighted by molar-refractivity contribution is 7.92. The summed E-state index contributed by atoms with van der Waals surface area (Å²) in [7, 11) is -3.68. The third kappa shape index (κ3) is 3.50. The topological polar surface area (TPSA) is 111 Å². The number of carbonyl (C=O) groups is 2. The van der Waals surface area contributed by atoms with Crippen molar-refractivity contribution >= 4 is 21.7 Å². The quantitative estimate of drug-likeness (QED) is 0.415. The number of carbonyl (C=O) groups excluding carboxylic acids is 2. The van der Waals surface area contributed by atoms with E-state index < -0.39 is 44.8 Å². The van der Waals surface area contributed by atoms with E-state index in [0.717, 1.165) is 16.0 Å². The zero-order chi connectivity index (χ0) is 23.2. The molecule has 1 aromatic heterocycles. The molecule has 170 valence electrons. The number of fused-ring (bicyclic) bond motifs is 1. The molecule has 1 unspecified atom stereocenters. The fraction of sp³-hybridized carbons (Fsp3) is 0.304. The Kier molecular flexibility index (Phi) is 5.04.